The van der Waals surface area contributed by atoms with Crippen LogP contribution in [-0.4, -0.2) is 23.8 Å². The molecular formula is C7H14BrF2N. The van der Waals surface area contributed by atoms with Gasteiger partial charge in [-0.25, -0.2) is 8.78 Å². The maximum absolute atomic E-state index is 11.7. The molecule has 0 atom stereocenters. The van der Waals surface area contributed by atoms with Gasteiger partial charge < -0.3 is 5.32 Å². The molecular weight excluding hydrogens is 216 g/mol. The summed E-state index contributed by atoms with van der Waals surface area (Å²) in [6.45, 7) is 3.60. The molecule has 0 radical (unpaired) electrons. The largest absolute Gasteiger partial charge is 0.306 e. The molecule has 0 aliphatic carbocycles. The second-order valence-electron chi connectivity index (χ2n) is 3.09. The first-order valence-corrected chi connectivity index (χ1v) is 4.69. The Balaban J connectivity index is 3.54. The zero-order chi connectivity index (χ0) is 8.91. The normalized spacial score (nSPS) is 12.5. The van der Waals surface area contributed by atoms with Crippen molar-refractivity contribution in [2.45, 2.75) is 32.2 Å². The molecule has 1 N–H and O–H groups in total. The van der Waals surface area contributed by atoms with E-state index in [-0.39, 0.29) is 12.1 Å². The van der Waals surface area contributed by atoms with Crippen LogP contribution in [0.4, 0.5) is 8.78 Å². The number of hydrogen-bond donors (Lipinski definition) is 1. The number of nitrogens with one attached hydrogen (secondary N) is 1. The molecule has 0 rings (SSSR count). The Morgan fingerprint density at radius 1 is 1.45 bits per heavy atom. The minimum absolute atomic E-state index is 0.195. The Kier molecular flexibility index (Phi) is 5.17. The van der Waals surface area contributed by atoms with Crippen LogP contribution in [0.25, 0.3) is 0 Å². The highest BCUT2D eigenvalue weighted by atomic mass is 79.9. The molecule has 0 spiro atoms. The fourth-order valence-corrected chi connectivity index (χ4v) is 1.67. The maximum Gasteiger partial charge on any atom is 0.250 e. The van der Waals surface area contributed by atoms with Gasteiger partial charge in [0.05, 0.1) is 6.54 Å². The molecule has 0 aromatic carbocycles. The minimum Gasteiger partial charge on any atom is -0.306 e. The summed E-state index contributed by atoms with van der Waals surface area (Å²) in [6, 6.07) is 0. The van der Waals surface area contributed by atoms with Crippen molar-refractivity contribution in [2.75, 3.05) is 11.9 Å². The number of hydrogen-bond acceptors (Lipinski definition) is 1. The van der Waals surface area contributed by atoms with E-state index in [1.807, 2.05) is 13.8 Å². The molecule has 0 amide bonds. The lowest BCUT2D eigenvalue weighted by Crippen LogP contribution is -2.42. The third-order valence-corrected chi connectivity index (χ3v) is 1.85. The zero-order valence-electron chi connectivity index (χ0n) is 6.83. The van der Waals surface area contributed by atoms with Gasteiger partial charge in [-0.3, -0.25) is 0 Å². The van der Waals surface area contributed by atoms with Crippen molar-refractivity contribution in [3.63, 3.8) is 0 Å². The van der Waals surface area contributed by atoms with Gasteiger partial charge in [-0.1, -0.05) is 15.9 Å². The Morgan fingerprint density at radius 2 is 2.00 bits per heavy atom. The Bertz CT molecular complexity index is 107. The van der Waals surface area contributed by atoms with Crippen molar-refractivity contribution in [1.82, 2.24) is 5.32 Å². The molecule has 0 unspecified atom stereocenters. The average molecular weight is 230 g/mol. The van der Waals surface area contributed by atoms with Gasteiger partial charge in [0, 0.05) is 10.9 Å². The molecule has 0 aromatic heterocycles. The molecule has 0 saturated heterocycles. The van der Waals surface area contributed by atoms with E-state index >= 15 is 0 Å². The van der Waals surface area contributed by atoms with Gasteiger partial charge in [0.1, 0.15) is 0 Å². The first kappa shape index (κ1) is 11.3. The van der Waals surface area contributed by atoms with Crippen molar-refractivity contribution in [1.29, 1.82) is 0 Å². The first-order valence-electron chi connectivity index (χ1n) is 3.57. The summed E-state index contributed by atoms with van der Waals surface area (Å²) in [6.07, 6.45) is -1.41. The van der Waals surface area contributed by atoms with Gasteiger partial charge in [-0.05, 0) is 20.3 Å². The third-order valence-electron chi connectivity index (χ3n) is 1.45. The van der Waals surface area contributed by atoms with Crippen molar-refractivity contribution in [3.05, 3.63) is 0 Å². The second kappa shape index (κ2) is 5.04. The van der Waals surface area contributed by atoms with Crippen molar-refractivity contribution >= 4 is 15.9 Å². The highest BCUT2D eigenvalue weighted by molar-refractivity contribution is 9.09. The molecule has 0 aliphatic heterocycles. The maximum atomic E-state index is 11.7. The summed E-state index contributed by atoms with van der Waals surface area (Å²) >= 11 is 3.26. The number of rotatable bonds is 5. The van der Waals surface area contributed by atoms with Crippen LogP contribution in [-0.2, 0) is 0 Å². The highest BCUT2D eigenvalue weighted by Crippen LogP contribution is 2.10. The lowest BCUT2D eigenvalue weighted by atomic mass is 10.0. The van der Waals surface area contributed by atoms with Crippen LogP contribution in [0.5, 0.6) is 0 Å². The van der Waals surface area contributed by atoms with E-state index in [0.717, 1.165) is 11.8 Å². The Morgan fingerprint density at radius 3 is 2.36 bits per heavy atom. The SMILES string of the molecule is CC(C)(CCBr)NCC(F)F. The van der Waals surface area contributed by atoms with Crippen LogP contribution in [0, 0.1) is 0 Å². The molecule has 0 fully saturated rings. The Hall–Kier alpha value is 0.300. The van der Waals surface area contributed by atoms with Gasteiger partial charge in [-0.2, -0.15) is 0 Å². The van der Waals surface area contributed by atoms with E-state index in [1.54, 1.807) is 0 Å². The monoisotopic (exact) mass is 229 g/mol. The van der Waals surface area contributed by atoms with Gasteiger partial charge in [0.15, 0.2) is 0 Å². The number of halogens is 3. The van der Waals surface area contributed by atoms with Gasteiger partial charge in [0.25, 0.3) is 6.43 Å². The molecule has 4 heteroatoms. The van der Waals surface area contributed by atoms with Crippen molar-refractivity contribution < 1.29 is 8.78 Å². The summed E-state index contributed by atoms with van der Waals surface area (Å²) in [7, 11) is 0. The van der Waals surface area contributed by atoms with E-state index in [9.17, 15) is 8.78 Å². The van der Waals surface area contributed by atoms with Crippen molar-refractivity contribution in [3.8, 4) is 0 Å². The summed E-state index contributed by atoms with van der Waals surface area (Å²) in [5.74, 6) is 0. The molecule has 68 valence electrons. The van der Waals surface area contributed by atoms with Crippen LogP contribution in [0.15, 0.2) is 0 Å². The van der Waals surface area contributed by atoms with Gasteiger partial charge >= 0.3 is 0 Å². The predicted molar refractivity (Wildman–Crippen MR) is 46.5 cm³/mol. The third kappa shape index (κ3) is 6.69. The van der Waals surface area contributed by atoms with Crippen LogP contribution >= 0.6 is 15.9 Å². The van der Waals surface area contributed by atoms with Gasteiger partial charge in [-0.15, -0.1) is 0 Å². The lowest BCUT2D eigenvalue weighted by molar-refractivity contribution is 0.133. The van der Waals surface area contributed by atoms with E-state index in [0.29, 0.717) is 0 Å². The van der Waals surface area contributed by atoms with Crippen molar-refractivity contribution in [2.24, 2.45) is 0 Å². The van der Waals surface area contributed by atoms with E-state index in [1.165, 1.54) is 0 Å². The zero-order valence-corrected chi connectivity index (χ0v) is 8.42. The summed E-state index contributed by atoms with van der Waals surface area (Å²) in [4.78, 5) is 0. The van der Waals surface area contributed by atoms with E-state index in [2.05, 4.69) is 21.2 Å². The molecule has 0 saturated carbocycles. The topological polar surface area (TPSA) is 12.0 Å². The summed E-state index contributed by atoms with van der Waals surface area (Å²) in [5.41, 5.74) is -0.195. The minimum atomic E-state index is -2.26. The standard InChI is InChI=1S/C7H14BrF2N/c1-7(2,3-4-8)11-5-6(9)10/h6,11H,3-5H2,1-2H3. The van der Waals surface area contributed by atoms with Gasteiger partial charge in [0.2, 0.25) is 0 Å². The summed E-state index contributed by atoms with van der Waals surface area (Å²) < 4.78 is 23.5. The second-order valence-corrected chi connectivity index (χ2v) is 3.89. The smallest absolute Gasteiger partial charge is 0.250 e. The fourth-order valence-electron chi connectivity index (χ4n) is 0.678. The van der Waals surface area contributed by atoms with Crippen LogP contribution in [0.2, 0.25) is 0 Å². The van der Waals surface area contributed by atoms with Crippen LogP contribution in [0.3, 0.4) is 0 Å². The molecule has 0 aromatic rings. The quantitative estimate of drug-likeness (QED) is 0.715. The molecule has 0 bridgehead atoms. The molecule has 11 heavy (non-hydrogen) atoms. The highest BCUT2D eigenvalue weighted by Gasteiger charge is 2.17. The number of alkyl halides is 3. The fraction of sp³-hybridized carbons (Fsp3) is 1.00. The van der Waals surface area contributed by atoms with E-state index < -0.39 is 6.43 Å². The summed E-state index contributed by atoms with van der Waals surface area (Å²) in [5, 5.41) is 3.61. The predicted octanol–water partition coefficient (Wildman–Crippen LogP) is 2.40. The first-order chi connectivity index (χ1) is 4.98. The van der Waals surface area contributed by atoms with Crippen LogP contribution in [0.1, 0.15) is 20.3 Å². The van der Waals surface area contributed by atoms with Crippen LogP contribution < -0.4 is 5.32 Å². The Labute approximate surface area is 74.7 Å². The lowest BCUT2D eigenvalue weighted by Gasteiger charge is -2.25. The molecule has 0 aliphatic rings. The molecule has 0 heterocycles. The average Bonchev–Trinajstić information content (AvgIpc) is 1.84. The van der Waals surface area contributed by atoms with E-state index in [4.69, 9.17) is 0 Å². The molecule has 1 nitrogen and oxygen atoms in total.